The molecule has 31 heavy (non-hydrogen) atoms. The molecule has 1 N–H and O–H groups in total. The van der Waals surface area contributed by atoms with Crippen LogP contribution in [0.2, 0.25) is 0 Å². The third kappa shape index (κ3) is 2.82. The van der Waals surface area contributed by atoms with Crippen molar-refractivity contribution in [2.24, 2.45) is 0 Å². The molecular weight excluding hydrogens is 460 g/mol. The third-order valence-electron chi connectivity index (χ3n) is 5.97. The molecule has 0 saturated carbocycles. The number of aromatic amines is 1. The van der Waals surface area contributed by atoms with Gasteiger partial charge in [0.15, 0.2) is 0 Å². The largest absolute Gasteiger partial charge is 0.448 e. The van der Waals surface area contributed by atoms with E-state index in [4.69, 9.17) is 4.42 Å². The Hall–Kier alpha value is -3.39. The number of hydrogen-bond acceptors (Lipinski definition) is 4. The molecular formula is C23H17BrN4O3. The van der Waals surface area contributed by atoms with Gasteiger partial charge in [-0.3, -0.25) is 14.2 Å². The summed E-state index contributed by atoms with van der Waals surface area (Å²) in [6.45, 7) is 1.05. The van der Waals surface area contributed by atoms with Crippen molar-refractivity contribution in [2.45, 2.75) is 19.5 Å². The van der Waals surface area contributed by atoms with E-state index in [1.165, 1.54) is 10.9 Å². The van der Waals surface area contributed by atoms with Crippen LogP contribution in [0.3, 0.4) is 0 Å². The minimum atomic E-state index is -0.344. The van der Waals surface area contributed by atoms with Crippen molar-refractivity contribution in [3.8, 4) is 0 Å². The van der Waals surface area contributed by atoms with E-state index in [2.05, 4.69) is 32.0 Å². The summed E-state index contributed by atoms with van der Waals surface area (Å²) >= 11 is 3.59. The van der Waals surface area contributed by atoms with Gasteiger partial charge in [-0.2, -0.15) is 0 Å². The summed E-state index contributed by atoms with van der Waals surface area (Å²) in [7, 11) is 0. The van der Waals surface area contributed by atoms with E-state index in [-0.39, 0.29) is 23.6 Å². The summed E-state index contributed by atoms with van der Waals surface area (Å²) in [6, 6.07) is 13.5. The Bertz CT molecular complexity index is 1560. The number of carbonyl (C=O) groups is 1. The monoisotopic (exact) mass is 476 g/mol. The number of nitrogens with one attached hydrogen (secondary N) is 1. The van der Waals surface area contributed by atoms with Gasteiger partial charge in [-0.25, -0.2) is 4.98 Å². The van der Waals surface area contributed by atoms with Crippen LogP contribution in [0.5, 0.6) is 0 Å². The quantitative estimate of drug-likeness (QED) is 0.417. The zero-order valence-corrected chi connectivity index (χ0v) is 18.0. The maximum Gasteiger partial charge on any atom is 0.297 e. The number of carbonyl (C=O) groups excluding carboxylic acids is 1. The number of halogens is 1. The van der Waals surface area contributed by atoms with Gasteiger partial charge in [0.25, 0.3) is 5.56 Å². The minimum Gasteiger partial charge on any atom is -0.448 e. The van der Waals surface area contributed by atoms with Crippen LogP contribution < -0.4 is 5.56 Å². The molecule has 4 heterocycles. The summed E-state index contributed by atoms with van der Waals surface area (Å²) in [4.78, 5) is 35.7. The van der Waals surface area contributed by atoms with Crippen LogP contribution in [0, 0.1) is 0 Å². The Balaban J connectivity index is 1.31. The first-order valence-corrected chi connectivity index (χ1v) is 10.8. The first kappa shape index (κ1) is 18.4. The lowest BCUT2D eigenvalue weighted by Crippen LogP contribution is -2.39. The van der Waals surface area contributed by atoms with Gasteiger partial charge in [0.2, 0.25) is 11.5 Å². The van der Waals surface area contributed by atoms with Crippen molar-refractivity contribution < 1.29 is 9.21 Å². The van der Waals surface area contributed by atoms with E-state index in [1.807, 2.05) is 30.3 Å². The summed E-state index contributed by atoms with van der Waals surface area (Å²) in [6.07, 6.45) is 2.18. The fourth-order valence-corrected chi connectivity index (χ4v) is 4.85. The highest BCUT2D eigenvalue weighted by molar-refractivity contribution is 9.10. The fourth-order valence-electron chi connectivity index (χ4n) is 4.39. The van der Waals surface area contributed by atoms with Gasteiger partial charge < -0.3 is 14.3 Å². The molecule has 6 rings (SSSR count). The Kier molecular flexibility index (Phi) is 4.04. The molecule has 0 bridgehead atoms. The Morgan fingerprint density at radius 3 is 2.90 bits per heavy atom. The maximum atomic E-state index is 13.1. The highest BCUT2D eigenvalue weighted by atomic mass is 79.9. The molecule has 1 aliphatic rings. The van der Waals surface area contributed by atoms with Crippen molar-refractivity contribution in [3.05, 3.63) is 74.9 Å². The SMILES string of the molecule is O=C(Cn1cnc2c(oc3ccccc32)c1=O)N1CCc2[nH]c3c(Br)cccc3c2C1. The molecule has 0 aliphatic carbocycles. The number of nitrogens with zero attached hydrogens (tertiary/aromatic N) is 3. The van der Waals surface area contributed by atoms with Gasteiger partial charge in [-0.1, -0.05) is 24.3 Å². The van der Waals surface area contributed by atoms with Crippen molar-refractivity contribution in [1.29, 1.82) is 0 Å². The zero-order valence-electron chi connectivity index (χ0n) is 16.4. The topological polar surface area (TPSA) is 84.1 Å². The summed E-state index contributed by atoms with van der Waals surface area (Å²) < 4.78 is 8.05. The molecule has 0 radical (unpaired) electrons. The molecule has 154 valence electrons. The first-order chi connectivity index (χ1) is 15.1. The number of aromatic nitrogens is 3. The van der Waals surface area contributed by atoms with Crippen LogP contribution in [0.15, 0.2) is 62.5 Å². The number of fused-ring (bicyclic) bond motifs is 6. The predicted molar refractivity (Wildman–Crippen MR) is 121 cm³/mol. The number of amides is 1. The average molecular weight is 477 g/mol. The minimum absolute atomic E-state index is 0.0692. The standard InChI is InChI=1S/C23H17BrN4O3/c24-16-6-3-5-13-15-10-27(9-8-17(15)26-20(13)16)19(29)11-28-12-25-21-14-4-1-2-7-18(14)31-22(21)23(28)30/h1-7,12,26H,8-11H2. The highest BCUT2D eigenvalue weighted by Gasteiger charge is 2.25. The van der Waals surface area contributed by atoms with Crippen molar-refractivity contribution in [1.82, 2.24) is 19.4 Å². The molecule has 8 heteroatoms. The third-order valence-corrected chi connectivity index (χ3v) is 6.63. The molecule has 5 aromatic rings. The van der Waals surface area contributed by atoms with E-state index in [0.29, 0.717) is 24.2 Å². The number of H-pyrrole nitrogens is 1. The summed E-state index contributed by atoms with van der Waals surface area (Å²) in [5.41, 5.74) is 4.32. The van der Waals surface area contributed by atoms with Gasteiger partial charge in [-0.15, -0.1) is 0 Å². The second kappa shape index (κ2) is 6.81. The van der Waals surface area contributed by atoms with E-state index in [0.717, 1.165) is 38.4 Å². The van der Waals surface area contributed by atoms with Crippen LogP contribution in [0.4, 0.5) is 0 Å². The fraction of sp³-hybridized carbons (Fsp3) is 0.174. The molecule has 0 saturated heterocycles. The lowest BCUT2D eigenvalue weighted by Gasteiger charge is -2.27. The van der Waals surface area contributed by atoms with Crippen LogP contribution in [0.1, 0.15) is 11.3 Å². The van der Waals surface area contributed by atoms with Crippen LogP contribution >= 0.6 is 15.9 Å². The number of furan rings is 1. The van der Waals surface area contributed by atoms with Crippen LogP contribution in [-0.2, 0) is 24.3 Å². The highest BCUT2D eigenvalue weighted by Crippen LogP contribution is 2.32. The van der Waals surface area contributed by atoms with Crippen LogP contribution in [0.25, 0.3) is 33.0 Å². The average Bonchev–Trinajstić information content (AvgIpc) is 3.35. The van der Waals surface area contributed by atoms with Gasteiger partial charge in [0.1, 0.15) is 17.6 Å². The number of benzene rings is 2. The van der Waals surface area contributed by atoms with Gasteiger partial charge >= 0.3 is 0 Å². The molecule has 7 nitrogen and oxygen atoms in total. The molecule has 0 fully saturated rings. The smallest absolute Gasteiger partial charge is 0.297 e. The van der Waals surface area contributed by atoms with Crippen molar-refractivity contribution in [2.75, 3.05) is 6.54 Å². The molecule has 0 unspecified atom stereocenters. The van der Waals surface area contributed by atoms with Crippen molar-refractivity contribution in [3.63, 3.8) is 0 Å². The van der Waals surface area contributed by atoms with E-state index in [9.17, 15) is 9.59 Å². The van der Waals surface area contributed by atoms with Gasteiger partial charge in [0, 0.05) is 46.0 Å². The normalized spacial score (nSPS) is 13.9. The lowest BCUT2D eigenvalue weighted by atomic mass is 10.0. The molecule has 1 aliphatic heterocycles. The second-order valence-corrected chi connectivity index (χ2v) is 8.62. The van der Waals surface area contributed by atoms with E-state index in [1.54, 1.807) is 11.0 Å². The lowest BCUT2D eigenvalue weighted by molar-refractivity contribution is -0.132. The number of rotatable bonds is 2. The molecule has 0 spiro atoms. The second-order valence-electron chi connectivity index (χ2n) is 7.76. The number of para-hydroxylation sites is 2. The number of hydrogen-bond donors (Lipinski definition) is 1. The Morgan fingerprint density at radius 1 is 1.16 bits per heavy atom. The molecule has 0 atom stereocenters. The molecule has 1 amide bonds. The Labute approximate surface area is 184 Å². The maximum absolute atomic E-state index is 13.1. The summed E-state index contributed by atoms with van der Waals surface area (Å²) in [5.74, 6) is -0.116. The van der Waals surface area contributed by atoms with Crippen LogP contribution in [-0.4, -0.2) is 31.9 Å². The van der Waals surface area contributed by atoms with Crippen molar-refractivity contribution >= 4 is 54.8 Å². The first-order valence-electron chi connectivity index (χ1n) is 10.0. The van der Waals surface area contributed by atoms with E-state index < -0.39 is 0 Å². The van der Waals surface area contributed by atoms with E-state index >= 15 is 0 Å². The Morgan fingerprint density at radius 2 is 2.00 bits per heavy atom. The zero-order chi connectivity index (χ0) is 21.1. The predicted octanol–water partition coefficient (Wildman–Crippen LogP) is 3.97. The van der Waals surface area contributed by atoms with Gasteiger partial charge in [-0.05, 0) is 34.1 Å². The van der Waals surface area contributed by atoms with Gasteiger partial charge in [0.05, 0.1) is 11.8 Å². The molecule has 2 aromatic carbocycles. The molecule has 3 aromatic heterocycles. The summed E-state index contributed by atoms with van der Waals surface area (Å²) in [5, 5.41) is 1.91.